The number of ether oxygens (including phenoxy) is 1. The second kappa shape index (κ2) is 6.62. The van der Waals surface area contributed by atoms with Crippen molar-refractivity contribution in [3.05, 3.63) is 54.1 Å². The Balaban J connectivity index is 2.21. The summed E-state index contributed by atoms with van der Waals surface area (Å²) in [5, 5.41) is 1.14. The molecule has 0 aliphatic rings. The second-order valence-corrected chi connectivity index (χ2v) is 6.69. The van der Waals surface area contributed by atoms with E-state index in [0.717, 1.165) is 5.56 Å². The zero-order valence-electron chi connectivity index (χ0n) is 12.6. The molecule has 0 atom stereocenters. The van der Waals surface area contributed by atoms with E-state index in [1.807, 2.05) is 6.92 Å². The summed E-state index contributed by atoms with van der Waals surface area (Å²) in [7, 11) is -4.24. The number of anilines is 1. The van der Waals surface area contributed by atoms with Crippen LogP contribution in [0.15, 0.2) is 53.4 Å². The number of amides is 1. The lowest BCUT2D eigenvalue weighted by Gasteiger charge is -2.07. The van der Waals surface area contributed by atoms with E-state index < -0.39 is 15.1 Å². The third kappa shape index (κ3) is 4.17. The zero-order valence-corrected chi connectivity index (χ0v) is 13.4. The first-order valence-electron chi connectivity index (χ1n) is 6.70. The number of aryl methyl sites for hydroxylation is 1. The van der Waals surface area contributed by atoms with Gasteiger partial charge in [-0.15, -0.1) is 0 Å². The highest BCUT2D eigenvalue weighted by Gasteiger charge is 2.27. The topological polar surface area (TPSA) is 89.5 Å². The summed E-state index contributed by atoms with van der Waals surface area (Å²) in [4.78, 5) is 22.8. The van der Waals surface area contributed by atoms with Crippen LogP contribution in [0.4, 0.5) is 10.5 Å². The number of hydrogen-bond donors (Lipinski definition) is 1. The first-order valence-corrected chi connectivity index (χ1v) is 8.18. The van der Waals surface area contributed by atoms with Crippen LogP contribution in [0.25, 0.3) is 0 Å². The van der Waals surface area contributed by atoms with Crippen LogP contribution in [0.2, 0.25) is 0 Å². The van der Waals surface area contributed by atoms with Crippen molar-refractivity contribution in [2.75, 3.05) is 5.32 Å². The van der Waals surface area contributed by atoms with Crippen LogP contribution in [-0.4, -0.2) is 19.6 Å². The van der Waals surface area contributed by atoms with Gasteiger partial charge < -0.3 is 10.1 Å². The fraction of sp³-hybridized carbons (Fsp3) is 0.125. The molecule has 0 heterocycles. The minimum absolute atomic E-state index is 0.0249. The van der Waals surface area contributed by atoms with Crippen molar-refractivity contribution >= 4 is 26.7 Å². The van der Waals surface area contributed by atoms with Crippen molar-refractivity contribution in [2.24, 2.45) is 0 Å². The van der Waals surface area contributed by atoms with Crippen LogP contribution in [0.3, 0.4) is 0 Å². The van der Waals surface area contributed by atoms with Crippen molar-refractivity contribution in [1.29, 1.82) is 0 Å². The first-order chi connectivity index (χ1) is 10.8. The molecule has 0 saturated carbocycles. The molecular weight excluding hydrogens is 318 g/mol. The van der Waals surface area contributed by atoms with Crippen LogP contribution < -0.4 is 10.1 Å². The number of carbonyl (C=O) groups is 2. The molecule has 0 aromatic heterocycles. The molecule has 7 heteroatoms. The highest BCUT2D eigenvalue weighted by molar-refractivity contribution is 8.05. The highest BCUT2D eigenvalue weighted by Crippen LogP contribution is 2.21. The monoisotopic (exact) mass is 333 g/mol. The molecule has 0 aliphatic heterocycles. The third-order valence-corrected chi connectivity index (χ3v) is 4.32. The van der Waals surface area contributed by atoms with E-state index in [0.29, 0.717) is 5.69 Å². The van der Waals surface area contributed by atoms with Gasteiger partial charge in [0.15, 0.2) is 0 Å². The van der Waals surface area contributed by atoms with Gasteiger partial charge in [0.2, 0.25) is 5.91 Å². The molecule has 23 heavy (non-hydrogen) atoms. The number of carbonyl (C=O) groups excluding carboxylic acids is 2. The van der Waals surface area contributed by atoms with Crippen molar-refractivity contribution < 1.29 is 22.7 Å². The average molecular weight is 333 g/mol. The predicted molar refractivity (Wildman–Crippen MR) is 85.1 cm³/mol. The highest BCUT2D eigenvalue weighted by atomic mass is 32.2. The van der Waals surface area contributed by atoms with Gasteiger partial charge in [0.25, 0.3) is 9.84 Å². The summed E-state index contributed by atoms with van der Waals surface area (Å²) in [6.45, 7) is 3.14. The van der Waals surface area contributed by atoms with Crippen LogP contribution in [-0.2, 0) is 14.6 Å². The van der Waals surface area contributed by atoms with E-state index in [1.165, 1.54) is 37.3 Å². The van der Waals surface area contributed by atoms with Crippen molar-refractivity contribution in [1.82, 2.24) is 0 Å². The molecule has 2 aromatic rings. The van der Waals surface area contributed by atoms with Gasteiger partial charge in [-0.2, -0.15) is 0 Å². The number of rotatable bonds is 3. The van der Waals surface area contributed by atoms with Crippen LogP contribution in [0, 0.1) is 6.92 Å². The van der Waals surface area contributed by atoms with Crippen LogP contribution in [0.5, 0.6) is 5.75 Å². The third-order valence-electron chi connectivity index (χ3n) is 2.91. The molecule has 0 aliphatic carbocycles. The Morgan fingerprint density at radius 3 is 2.30 bits per heavy atom. The minimum Gasteiger partial charge on any atom is -0.415 e. The number of nitrogens with one attached hydrogen (secondary N) is 1. The van der Waals surface area contributed by atoms with Gasteiger partial charge in [-0.3, -0.25) is 4.79 Å². The quantitative estimate of drug-likeness (QED) is 0.872. The molecule has 2 aromatic carbocycles. The maximum atomic E-state index is 12.2. The smallest absolute Gasteiger partial charge is 0.415 e. The van der Waals surface area contributed by atoms with Crippen molar-refractivity contribution in [2.45, 2.75) is 18.7 Å². The maximum Gasteiger partial charge on any atom is 0.435 e. The second-order valence-electron chi connectivity index (χ2n) is 4.88. The van der Waals surface area contributed by atoms with E-state index in [4.69, 9.17) is 4.74 Å². The van der Waals surface area contributed by atoms with Crippen LogP contribution in [0.1, 0.15) is 12.5 Å². The summed E-state index contributed by atoms with van der Waals surface area (Å²) in [5.74, 6) is -0.266. The van der Waals surface area contributed by atoms with Crippen molar-refractivity contribution in [3.8, 4) is 5.75 Å². The lowest BCUT2D eigenvalue weighted by atomic mass is 10.2. The van der Waals surface area contributed by atoms with Gasteiger partial charge in [-0.1, -0.05) is 23.8 Å². The average Bonchev–Trinajstić information content (AvgIpc) is 2.47. The lowest BCUT2D eigenvalue weighted by molar-refractivity contribution is -0.114. The van der Waals surface area contributed by atoms with E-state index in [9.17, 15) is 18.0 Å². The maximum absolute atomic E-state index is 12.2. The SMILES string of the molecule is CC(=O)Nc1cccc(OC(=O)S(=O)(=O)c2ccc(C)cc2)c1. The molecule has 2 rings (SSSR count). The Morgan fingerprint density at radius 1 is 1.04 bits per heavy atom. The molecule has 0 radical (unpaired) electrons. The van der Waals surface area contributed by atoms with E-state index >= 15 is 0 Å². The molecule has 0 bridgehead atoms. The van der Waals surface area contributed by atoms with Gasteiger partial charge in [-0.05, 0) is 31.2 Å². The Kier molecular flexibility index (Phi) is 4.80. The summed E-state index contributed by atoms with van der Waals surface area (Å²) in [5.41, 5.74) is 1.27. The van der Waals surface area contributed by atoms with Gasteiger partial charge in [0.1, 0.15) is 5.75 Å². The Bertz CT molecular complexity index is 841. The van der Waals surface area contributed by atoms with E-state index in [2.05, 4.69) is 5.32 Å². The summed E-state index contributed by atoms with van der Waals surface area (Å²) in [6, 6.07) is 11.8. The summed E-state index contributed by atoms with van der Waals surface area (Å²) in [6.07, 6.45) is 0. The zero-order chi connectivity index (χ0) is 17.0. The molecule has 1 N–H and O–H groups in total. The molecule has 120 valence electrons. The minimum atomic E-state index is -4.24. The molecule has 6 nitrogen and oxygen atoms in total. The Morgan fingerprint density at radius 2 is 1.70 bits per heavy atom. The Labute approximate surface area is 134 Å². The van der Waals surface area contributed by atoms with Gasteiger partial charge >= 0.3 is 5.30 Å². The Hall–Kier alpha value is -2.67. The fourth-order valence-corrected chi connectivity index (χ4v) is 2.70. The van der Waals surface area contributed by atoms with Crippen LogP contribution >= 0.6 is 0 Å². The standard InChI is InChI=1S/C16H15NO5S/c1-11-6-8-15(9-7-11)23(20,21)16(19)22-14-5-3-4-13(10-14)17-12(2)18/h3-10H,1-2H3,(H,17,18). The first kappa shape index (κ1) is 16.7. The molecule has 0 spiro atoms. The predicted octanol–water partition coefficient (Wildman–Crippen LogP) is 2.93. The fourth-order valence-electron chi connectivity index (χ4n) is 1.81. The number of sulfone groups is 1. The van der Waals surface area contributed by atoms with Gasteiger partial charge in [-0.25, -0.2) is 13.2 Å². The van der Waals surface area contributed by atoms with E-state index in [1.54, 1.807) is 18.2 Å². The lowest BCUT2D eigenvalue weighted by Crippen LogP contribution is -2.19. The molecule has 1 amide bonds. The molecule has 0 saturated heterocycles. The van der Waals surface area contributed by atoms with Crippen molar-refractivity contribution in [3.63, 3.8) is 0 Å². The molecular formula is C16H15NO5S. The summed E-state index contributed by atoms with van der Waals surface area (Å²) >= 11 is 0. The number of benzene rings is 2. The van der Waals surface area contributed by atoms with E-state index in [-0.39, 0.29) is 16.6 Å². The molecule has 0 fully saturated rings. The summed E-state index contributed by atoms with van der Waals surface area (Å²) < 4.78 is 29.2. The van der Waals surface area contributed by atoms with Gasteiger partial charge in [0, 0.05) is 18.7 Å². The normalized spacial score (nSPS) is 10.9. The number of hydrogen-bond acceptors (Lipinski definition) is 5. The van der Waals surface area contributed by atoms with Gasteiger partial charge in [0.05, 0.1) is 4.90 Å². The molecule has 0 unspecified atom stereocenters. The largest absolute Gasteiger partial charge is 0.435 e.